The Kier molecular flexibility index (Phi) is 4.11. The molecule has 0 saturated carbocycles. The summed E-state index contributed by atoms with van der Waals surface area (Å²) in [4.78, 5) is 4.03. The number of aryl methyl sites for hydroxylation is 1. The molecule has 1 N–H and O–H groups in total. The highest BCUT2D eigenvalue weighted by Crippen LogP contribution is 2.31. The molecule has 5 nitrogen and oxygen atoms in total. The molecule has 0 aliphatic carbocycles. The summed E-state index contributed by atoms with van der Waals surface area (Å²) in [6.45, 7) is 1.90. The highest BCUT2D eigenvalue weighted by molar-refractivity contribution is 7.92. The van der Waals surface area contributed by atoms with Crippen molar-refractivity contribution in [2.45, 2.75) is 11.8 Å². The Morgan fingerprint density at radius 1 is 1.13 bits per heavy atom. The van der Waals surface area contributed by atoms with Crippen LogP contribution in [-0.4, -0.2) is 13.4 Å². The Morgan fingerprint density at radius 2 is 1.87 bits per heavy atom. The van der Waals surface area contributed by atoms with E-state index in [2.05, 4.69) is 9.71 Å². The van der Waals surface area contributed by atoms with Crippen LogP contribution in [-0.2, 0) is 10.0 Å². The molecule has 0 saturated heterocycles. The van der Waals surface area contributed by atoms with E-state index in [1.165, 1.54) is 12.6 Å². The van der Waals surface area contributed by atoms with Gasteiger partial charge in [-0.3, -0.25) is 4.72 Å². The molecule has 3 rings (SSSR count). The molecule has 0 spiro atoms. The SMILES string of the molecule is Cc1ccc(S(=O)(=O)Nc2ccc(Cl)c(-c3cnco3)c2)cc1. The molecule has 0 aliphatic rings. The summed E-state index contributed by atoms with van der Waals surface area (Å²) in [6.07, 6.45) is 2.80. The average Bonchev–Trinajstić information content (AvgIpc) is 3.03. The predicted octanol–water partition coefficient (Wildman–Crippen LogP) is 4.10. The second-order valence-corrected chi connectivity index (χ2v) is 7.07. The van der Waals surface area contributed by atoms with Crippen molar-refractivity contribution in [3.63, 3.8) is 0 Å². The maximum absolute atomic E-state index is 12.4. The number of rotatable bonds is 4. The largest absolute Gasteiger partial charge is 0.443 e. The van der Waals surface area contributed by atoms with Gasteiger partial charge in [0.25, 0.3) is 10.0 Å². The van der Waals surface area contributed by atoms with Crippen molar-refractivity contribution >= 4 is 27.3 Å². The van der Waals surface area contributed by atoms with Gasteiger partial charge in [-0.05, 0) is 37.3 Å². The quantitative estimate of drug-likeness (QED) is 0.770. The fourth-order valence-corrected chi connectivity index (χ4v) is 3.32. The molecule has 0 unspecified atom stereocenters. The molecule has 0 atom stereocenters. The average molecular weight is 349 g/mol. The van der Waals surface area contributed by atoms with Gasteiger partial charge < -0.3 is 4.42 Å². The van der Waals surface area contributed by atoms with Gasteiger partial charge in [0, 0.05) is 11.3 Å². The number of nitrogens with one attached hydrogen (secondary N) is 1. The summed E-state index contributed by atoms with van der Waals surface area (Å²) in [5, 5.41) is 0.444. The smallest absolute Gasteiger partial charge is 0.261 e. The van der Waals surface area contributed by atoms with Crippen LogP contribution in [0.1, 0.15) is 5.56 Å². The number of hydrogen-bond donors (Lipinski definition) is 1. The molecular formula is C16H13ClN2O3S. The first-order valence-electron chi connectivity index (χ1n) is 6.73. The zero-order valence-electron chi connectivity index (χ0n) is 12.2. The molecule has 0 fully saturated rings. The lowest BCUT2D eigenvalue weighted by molar-refractivity contribution is 0.572. The Labute approximate surface area is 139 Å². The van der Waals surface area contributed by atoms with Crippen molar-refractivity contribution in [2.24, 2.45) is 0 Å². The Balaban J connectivity index is 1.94. The Hall–Kier alpha value is -2.31. The highest BCUT2D eigenvalue weighted by Gasteiger charge is 2.15. The van der Waals surface area contributed by atoms with Crippen molar-refractivity contribution in [3.8, 4) is 11.3 Å². The molecule has 7 heteroatoms. The van der Waals surface area contributed by atoms with Crippen LogP contribution in [0.5, 0.6) is 0 Å². The topological polar surface area (TPSA) is 72.2 Å². The van der Waals surface area contributed by atoms with Crippen LogP contribution in [0.4, 0.5) is 5.69 Å². The molecule has 0 radical (unpaired) electrons. The molecule has 1 aromatic heterocycles. The highest BCUT2D eigenvalue weighted by atomic mass is 35.5. The van der Waals surface area contributed by atoms with Crippen molar-refractivity contribution in [2.75, 3.05) is 4.72 Å². The van der Waals surface area contributed by atoms with Crippen molar-refractivity contribution in [3.05, 3.63) is 65.6 Å². The first kappa shape index (κ1) is 15.6. The fraction of sp³-hybridized carbons (Fsp3) is 0.0625. The van der Waals surface area contributed by atoms with Crippen LogP contribution in [0.15, 0.2) is 64.4 Å². The first-order chi connectivity index (χ1) is 11.0. The normalized spacial score (nSPS) is 11.4. The first-order valence-corrected chi connectivity index (χ1v) is 8.60. The number of aromatic nitrogens is 1. The van der Waals surface area contributed by atoms with Gasteiger partial charge in [0.05, 0.1) is 16.1 Å². The summed E-state index contributed by atoms with van der Waals surface area (Å²) >= 11 is 6.13. The lowest BCUT2D eigenvalue weighted by Crippen LogP contribution is -2.12. The van der Waals surface area contributed by atoms with Gasteiger partial charge >= 0.3 is 0 Å². The van der Waals surface area contributed by atoms with Gasteiger partial charge in [0.1, 0.15) is 0 Å². The maximum atomic E-state index is 12.4. The number of anilines is 1. The molecule has 23 heavy (non-hydrogen) atoms. The third-order valence-corrected chi connectivity index (χ3v) is 4.97. The standard InChI is InChI=1S/C16H13ClN2O3S/c1-11-2-5-13(6-3-11)23(20,21)19-12-4-7-15(17)14(8-12)16-9-18-10-22-16/h2-10,19H,1H3. The minimum Gasteiger partial charge on any atom is -0.443 e. The molecule has 0 bridgehead atoms. The van der Waals surface area contributed by atoms with Gasteiger partial charge in [-0.1, -0.05) is 29.3 Å². The number of halogens is 1. The maximum Gasteiger partial charge on any atom is 0.261 e. The lowest BCUT2D eigenvalue weighted by Gasteiger charge is -2.10. The minimum absolute atomic E-state index is 0.194. The minimum atomic E-state index is -3.67. The number of nitrogens with zero attached hydrogens (tertiary/aromatic N) is 1. The van der Waals surface area contributed by atoms with E-state index in [9.17, 15) is 8.42 Å². The van der Waals surface area contributed by atoms with Gasteiger partial charge in [-0.25, -0.2) is 13.4 Å². The number of benzene rings is 2. The molecule has 1 heterocycles. The van der Waals surface area contributed by atoms with Crippen molar-refractivity contribution in [1.29, 1.82) is 0 Å². The van der Waals surface area contributed by atoms with Gasteiger partial charge in [0.15, 0.2) is 12.2 Å². The number of oxazole rings is 1. The summed E-state index contributed by atoms with van der Waals surface area (Å²) in [7, 11) is -3.67. The number of hydrogen-bond acceptors (Lipinski definition) is 4. The molecule has 0 amide bonds. The summed E-state index contributed by atoms with van der Waals surface area (Å²) in [6, 6.07) is 11.4. The monoisotopic (exact) mass is 348 g/mol. The van der Waals surface area contributed by atoms with Crippen molar-refractivity contribution in [1.82, 2.24) is 4.98 Å². The van der Waals surface area contributed by atoms with E-state index < -0.39 is 10.0 Å². The third kappa shape index (κ3) is 3.38. The number of sulfonamides is 1. The van der Waals surface area contributed by atoms with Gasteiger partial charge in [-0.15, -0.1) is 0 Å². The van der Waals surface area contributed by atoms with Gasteiger partial charge in [-0.2, -0.15) is 0 Å². The molecule has 118 valence electrons. The predicted molar refractivity (Wildman–Crippen MR) is 88.9 cm³/mol. The molecule has 3 aromatic rings. The van der Waals surface area contributed by atoms with Crippen LogP contribution >= 0.6 is 11.6 Å². The van der Waals surface area contributed by atoms with Crippen LogP contribution in [0.2, 0.25) is 5.02 Å². The van der Waals surface area contributed by atoms with E-state index in [-0.39, 0.29) is 4.90 Å². The van der Waals surface area contributed by atoms with Gasteiger partial charge in [0.2, 0.25) is 0 Å². The second-order valence-electron chi connectivity index (χ2n) is 4.98. The third-order valence-electron chi connectivity index (χ3n) is 3.25. The Morgan fingerprint density at radius 3 is 2.52 bits per heavy atom. The van der Waals surface area contributed by atoms with Crippen LogP contribution in [0.25, 0.3) is 11.3 Å². The van der Waals surface area contributed by atoms with E-state index >= 15 is 0 Å². The van der Waals surface area contributed by atoms with E-state index in [1.807, 2.05) is 6.92 Å². The van der Waals surface area contributed by atoms with Crippen molar-refractivity contribution < 1.29 is 12.8 Å². The fourth-order valence-electron chi connectivity index (χ4n) is 2.06. The van der Waals surface area contributed by atoms with Crippen LogP contribution < -0.4 is 4.72 Å². The van der Waals surface area contributed by atoms with E-state index in [0.717, 1.165) is 5.56 Å². The molecule has 0 aliphatic heterocycles. The van der Waals surface area contributed by atoms with Crippen LogP contribution in [0.3, 0.4) is 0 Å². The molecular weight excluding hydrogens is 336 g/mol. The second kappa shape index (κ2) is 6.06. The zero-order valence-corrected chi connectivity index (χ0v) is 13.7. The summed E-state index contributed by atoms with van der Waals surface area (Å²) in [5.74, 6) is 0.464. The lowest BCUT2D eigenvalue weighted by atomic mass is 10.1. The summed E-state index contributed by atoms with van der Waals surface area (Å²) < 4.78 is 32.6. The zero-order chi connectivity index (χ0) is 16.4. The van der Waals surface area contributed by atoms with Crippen LogP contribution in [0, 0.1) is 6.92 Å². The van der Waals surface area contributed by atoms with E-state index in [1.54, 1.807) is 42.5 Å². The summed E-state index contributed by atoms with van der Waals surface area (Å²) in [5.41, 5.74) is 1.94. The molecule has 2 aromatic carbocycles. The van der Waals surface area contributed by atoms with E-state index in [0.29, 0.717) is 22.0 Å². The van der Waals surface area contributed by atoms with E-state index in [4.69, 9.17) is 16.0 Å². The Bertz CT molecular complexity index is 920.